The summed E-state index contributed by atoms with van der Waals surface area (Å²) in [6.45, 7) is 7.58. The molecule has 0 aromatic heterocycles. The number of carbonyl (C=O) groups is 1. The number of ketones is 1. The Morgan fingerprint density at radius 2 is 1.87 bits per heavy atom. The fraction of sp³-hybridized carbons (Fsp3) is 0.846. The van der Waals surface area contributed by atoms with E-state index in [1.807, 2.05) is 6.26 Å². The molecule has 0 aliphatic heterocycles. The molecule has 0 aromatic rings. The van der Waals surface area contributed by atoms with E-state index < -0.39 is 0 Å². The molecule has 3 nitrogen and oxygen atoms in total. The summed E-state index contributed by atoms with van der Waals surface area (Å²) in [6.07, 6.45) is 16.4. The summed E-state index contributed by atoms with van der Waals surface area (Å²) in [6, 6.07) is 0. The third-order valence-electron chi connectivity index (χ3n) is 9.77. The summed E-state index contributed by atoms with van der Waals surface area (Å²) in [5.41, 5.74) is 5.80. The van der Waals surface area contributed by atoms with Gasteiger partial charge in [0.1, 0.15) is 0 Å². The fourth-order valence-corrected chi connectivity index (χ4v) is 8.94. The molecule has 0 amide bonds. The van der Waals surface area contributed by atoms with Crippen LogP contribution >= 0.6 is 11.8 Å². The lowest BCUT2D eigenvalue weighted by molar-refractivity contribution is -0.130. The van der Waals surface area contributed by atoms with Crippen LogP contribution in [0.5, 0.6) is 0 Å². The molecule has 4 saturated carbocycles. The summed E-state index contributed by atoms with van der Waals surface area (Å²) >= 11 is 1.57. The van der Waals surface area contributed by atoms with Crippen molar-refractivity contribution in [2.75, 3.05) is 12.8 Å². The highest BCUT2D eigenvalue weighted by molar-refractivity contribution is 8.03. The van der Waals surface area contributed by atoms with Crippen molar-refractivity contribution in [1.29, 1.82) is 0 Å². The van der Waals surface area contributed by atoms with E-state index in [2.05, 4.69) is 25.8 Å². The van der Waals surface area contributed by atoms with E-state index in [9.17, 15) is 4.79 Å². The Morgan fingerprint density at radius 1 is 1.10 bits per heavy atom. The summed E-state index contributed by atoms with van der Waals surface area (Å²) in [5.74, 6) is 6.50. The molecule has 0 spiro atoms. The second-order valence-electron chi connectivity index (χ2n) is 11.3. The van der Waals surface area contributed by atoms with E-state index in [4.69, 9.17) is 5.73 Å². The number of rotatable bonds is 5. The zero-order valence-electron chi connectivity index (χ0n) is 19.5. The van der Waals surface area contributed by atoms with E-state index >= 15 is 0 Å². The molecule has 0 aromatic carbocycles. The first-order valence-corrected chi connectivity index (χ1v) is 13.6. The highest BCUT2D eigenvalue weighted by Gasteiger charge is 2.60. The first-order chi connectivity index (χ1) is 14.4. The van der Waals surface area contributed by atoms with Gasteiger partial charge in [-0.3, -0.25) is 9.79 Å². The summed E-state index contributed by atoms with van der Waals surface area (Å²) in [5, 5.41) is 0. The second kappa shape index (κ2) is 9.00. The molecule has 4 heteroatoms. The lowest BCUT2D eigenvalue weighted by atomic mass is 9.49. The molecule has 9 atom stereocenters. The zero-order chi connectivity index (χ0) is 21.5. The van der Waals surface area contributed by atoms with Crippen molar-refractivity contribution in [1.82, 2.24) is 0 Å². The molecular weight excluding hydrogens is 388 g/mol. The molecule has 168 valence electrons. The molecule has 0 saturated heterocycles. The number of carbonyl (C=O) groups excluding carboxylic acids is 1. The minimum atomic E-state index is 0.185. The fourth-order valence-electron chi connectivity index (χ4n) is 8.63. The quantitative estimate of drug-likeness (QED) is 0.549. The number of nitrogens with two attached hydrogens (primary N) is 1. The molecule has 4 aliphatic carbocycles. The van der Waals surface area contributed by atoms with Gasteiger partial charge in [-0.05, 0) is 98.0 Å². The van der Waals surface area contributed by atoms with Crippen molar-refractivity contribution in [3.05, 3.63) is 11.1 Å². The largest absolute Gasteiger partial charge is 0.404 e. The van der Waals surface area contributed by atoms with Crippen LogP contribution in [0, 0.1) is 52.8 Å². The Labute approximate surface area is 188 Å². The average molecular weight is 431 g/mol. The van der Waals surface area contributed by atoms with Crippen molar-refractivity contribution in [3.8, 4) is 0 Å². The van der Waals surface area contributed by atoms with E-state index in [-0.39, 0.29) is 11.3 Å². The van der Waals surface area contributed by atoms with Gasteiger partial charge in [0.15, 0.2) is 5.78 Å². The Bertz CT molecular complexity index is 703. The van der Waals surface area contributed by atoms with Crippen molar-refractivity contribution >= 4 is 23.8 Å². The SMILES string of the molecule is CSC(C=NCC(=O)C1C(C)CC2C3CCC4CC(C)CCC4C3CCC21C)=CN. The van der Waals surface area contributed by atoms with Gasteiger partial charge in [0, 0.05) is 23.2 Å². The van der Waals surface area contributed by atoms with Crippen molar-refractivity contribution in [2.45, 2.75) is 72.1 Å². The van der Waals surface area contributed by atoms with Crippen LogP contribution in [-0.2, 0) is 4.79 Å². The van der Waals surface area contributed by atoms with Gasteiger partial charge in [0.25, 0.3) is 0 Å². The second-order valence-corrected chi connectivity index (χ2v) is 12.2. The van der Waals surface area contributed by atoms with Crippen molar-refractivity contribution in [3.63, 3.8) is 0 Å². The number of hydrogen-bond donors (Lipinski definition) is 1. The number of allylic oxidation sites excluding steroid dienone is 1. The maximum atomic E-state index is 13.3. The van der Waals surface area contributed by atoms with Gasteiger partial charge in [-0.1, -0.05) is 27.2 Å². The molecule has 30 heavy (non-hydrogen) atoms. The summed E-state index contributed by atoms with van der Waals surface area (Å²) < 4.78 is 0. The molecule has 9 unspecified atom stereocenters. The third kappa shape index (κ3) is 3.91. The topological polar surface area (TPSA) is 55.5 Å². The van der Waals surface area contributed by atoms with Gasteiger partial charge in [0.05, 0.1) is 6.54 Å². The predicted octanol–water partition coefficient (Wildman–Crippen LogP) is 5.94. The third-order valence-corrected chi connectivity index (χ3v) is 10.5. The van der Waals surface area contributed by atoms with Gasteiger partial charge in [-0.15, -0.1) is 11.8 Å². The van der Waals surface area contributed by atoms with Crippen LogP contribution in [0.3, 0.4) is 0 Å². The predicted molar refractivity (Wildman–Crippen MR) is 128 cm³/mol. The molecule has 2 N–H and O–H groups in total. The van der Waals surface area contributed by atoms with Gasteiger partial charge < -0.3 is 5.73 Å². The van der Waals surface area contributed by atoms with Crippen LogP contribution in [0.1, 0.15) is 72.1 Å². The van der Waals surface area contributed by atoms with E-state index in [0.29, 0.717) is 18.2 Å². The van der Waals surface area contributed by atoms with Gasteiger partial charge >= 0.3 is 0 Å². The first kappa shape index (κ1) is 22.4. The standard InChI is InChI=1S/C26H42N2OS/c1-16-5-7-20-18(11-16)6-8-22-21(20)9-10-26(3)23(22)12-17(2)25(26)24(29)15-28-14-19(13-27)30-4/h13-14,16-18,20-23,25H,5-12,15,27H2,1-4H3. The molecular formula is C26H42N2OS. The number of hydrogen-bond acceptors (Lipinski definition) is 4. The van der Waals surface area contributed by atoms with Crippen molar-refractivity contribution in [2.24, 2.45) is 63.5 Å². The maximum absolute atomic E-state index is 13.3. The lowest BCUT2D eigenvalue weighted by Gasteiger charge is -2.56. The average Bonchev–Trinajstić information content (AvgIpc) is 3.00. The molecule has 0 heterocycles. The highest BCUT2D eigenvalue weighted by atomic mass is 32.2. The monoisotopic (exact) mass is 430 g/mol. The van der Waals surface area contributed by atoms with Crippen LogP contribution < -0.4 is 5.73 Å². The van der Waals surface area contributed by atoms with Crippen molar-refractivity contribution < 1.29 is 4.79 Å². The summed E-state index contributed by atoms with van der Waals surface area (Å²) in [4.78, 5) is 18.7. The number of fused-ring (bicyclic) bond motifs is 5. The molecule has 4 fully saturated rings. The normalized spacial score (nSPS) is 46.3. The zero-order valence-corrected chi connectivity index (χ0v) is 20.3. The number of Topliss-reactive ketones (excluding diaryl/α,β-unsaturated/α-hetero) is 1. The van der Waals surface area contributed by atoms with Gasteiger partial charge in [-0.25, -0.2) is 0 Å². The maximum Gasteiger partial charge on any atom is 0.158 e. The lowest BCUT2D eigenvalue weighted by Crippen LogP contribution is -2.49. The van der Waals surface area contributed by atoms with Crippen LogP contribution in [0.25, 0.3) is 0 Å². The number of aliphatic imine (C=N–C) groups is 1. The first-order valence-electron chi connectivity index (χ1n) is 12.4. The van der Waals surface area contributed by atoms with E-state index in [1.54, 1.807) is 24.2 Å². The van der Waals surface area contributed by atoms with Gasteiger partial charge in [0.2, 0.25) is 0 Å². The highest BCUT2D eigenvalue weighted by Crippen LogP contribution is 2.65. The van der Waals surface area contributed by atoms with Crippen LogP contribution in [0.2, 0.25) is 0 Å². The van der Waals surface area contributed by atoms with E-state index in [1.165, 1.54) is 51.4 Å². The Kier molecular flexibility index (Phi) is 6.73. The summed E-state index contributed by atoms with van der Waals surface area (Å²) in [7, 11) is 0. The molecule has 0 radical (unpaired) electrons. The molecule has 4 rings (SSSR count). The Balaban J connectivity index is 1.48. The number of nitrogens with zero attached hydrogens (tertiary/aromatic N) is 1. The minimum Gasteiger partial charge on any atom is -0.404 e. The smallest absolute Gasteiger partial charge is 0.158 e. The van der Waals surface area contributed by atoms with E-state index in [0.717, 1.165) is 40.4 Å². The van der Waals surface area contributed by atoms with Gasteiger partial charge in [-0.2, -0.15) is 0 Å². The Hall–Kier alpha value is -0.770. The van der Waals surface area contributed by atoms with Crippen LogP contribution in [0.15, 0.2) is 16.1 Å². The Morgan fingerprint density at radius 3 is 2.60 bits per heavy atom. The molecule has 0 bridgehead atoms. The number of thioether (sulfide) groups is 1. The van der Waals surface area contributed by atoms with Crippen LogP contribution in [0.4, 0.5) is 0 Å². The minimum absolute atomic E-state index is 0.185. The van der Waals surface area contributed by atoms with Crippen LogP contribution in [-0.4, -0.2) is 24.8 Å². The molecule has 4 aliphatic rings.